The lowest BCUT2D eigenvalue weighted by Gasteiger charge is -2.21. The molecule has 1 atom stereocenters. The second-order valence-corrected chi connectivity index (χ2v) is 6.59. The molecule has 0 radical (unpaired) electrons. The molecule has 3 N–H and O–H groups in total. The maximum atomic E-state index is 12.2. The molecule has 6 nitrogen and oxygen atoms in total. The van der Waals surface area contributed by atoms with E-state index >= 15 is 0 Å². The molecule has 2 amide bonds. The third-order valence-electron chi connectivity index (χ3n) is 4.60. The summed E-state index contributed by atoms with van der Waals surface area (Å²) in [6, 6.07) is 6.97. The van der Waals surface area contributed by atoms with E-state index in [1.165, 1.54) is 19.3 Å². The number of hydrogen-bond donors (Lipinski definition) is 3. The Bertz CT molecular complexity index is 686. The molecule has 6 heteroatoms. The molecule has 1 aromatic carbocycles. The van der Waals surface area contributed by atoms with Gasteiger partial charge in [0.05, 0.1) is 11.0 Å². The number of H-pyrrole nitrogens is 1. The van der Waals surface area contributed by atoms with Crippen LogP contribution >= 0.6 is 0 Å². The highest BCUT2D eigenvalue weighted by Crippen LogP contribution is 2.26. The molecule has 3 rings (SSSR count). The number of nitrogens with zero attached hydrogens (tertiary/aromatic N) is 1. The van der Waals surface area contributed by atoms with Gasteiger partial charge in [0.2, 0.25) is 17.8 Å². The number of fused-ring (bicyclic) bond motifs is 1. The van der Waals surface area contributed by atoms with Crippen LogP contribution in [0.3, 0.4) is 0 Å². The largest absolute Gasteiger partial charge is 0.345 e. The summed E-state index contributed by atoms with van der Waals surface area (Å²) in [4.78, 5) is 31.7. The first-order valence-corrected chi connectivity index (χ1v) is 8.67. The number of rotatable bonds is 5. The number of aromatic nitrogens is 2. The molecule has 1 aromatic heterocycles. The molecule has 0 aliphatic heterocycles. The van der Waals surface area contributed by atoms with E-state index in [0.717, 1.165) is 23.9 Å². The monoisotopic (exact) mass is 328 g/mol. The number of carbonyl (C=O) groups excluding carboxylic acids is 2. The number of aromatic amines is 1. The van der Waals surface area contributed by atoms with Gasteiger partial charge in [-0.3, -0.25) is 14.9 Å². The minimum absolute atomic E-state index is 0.0471. The molecule has 2 aromatic rings. The van der Waals surface area contributed by atoms with Gasteiger partial charge < -0.3 is 10.3 Å². The van der Waals surface area contributed by atoms with Crippen LogP contribution in [-0.2, 0) is 9.59 Å². The van der Waals surface area contributed by atoms with E-state index in [9.17, 15) is 9.59 Å². The number of hydrogen-bond acceptors (Lipinski definition) is 3. The van der Waals surface area contributed by atoms with Crippen molar-refractivity contribution in [2.24, 2.45) is 5.92 Å². The van der Waals surface area contributed by atoms with Crippen LogP contribution < -0.4 is 10.6 Å². The minimum Gasteiger partial charge on any atom is -0.345 e. The molecule has 1 aliphatic carbocycles. The third kappa shape index (κ3) is 4.13. The second-order valence-electron chi connectivity index (χ2n) is 6.59. The van der Waals surface area contributed by atoms with Crippen LogP contribution in [0.4, 0.5) is 5.95 Å². The van der Waals surface area contributed by atoms with E-state index in [1.807, 2.05) is 24.3 Å². The van der Waals surface area contributed by atoms with Crippen molar-refractivity contribution in [2.45, 2.75) is 51.5 Å². The van der Waals surface area contributed by atoms with Gasteiger partial charge in [0.15, 0.2) is 0 Å². The van der Waals surface area contributed by atoms with Gasteiger partial charge in [0.1, 0.15) is 6.04 Å². The van der Waals surface area contributed by atoms with Crippen molar-refractivity contribution in [3.63, 3.8) is 0 Å². The lowest BCUT2D eigenvalue weighted by atomic mass is 9.87. The highest BCUT2D eigenvalue weighted by molar-refractivity contribution is 5.96. The normalized spacial score (nSPS) is 16.7. The number of benzene rings is 1. The Labute approximate surface area is 141 Å². The predicted molar refractivity (Wildman–Crippen MR) is 93.5 cm³/mol. The molecule has 0 bridgehead atoms. The van der Waals surface area contributed by atoms with Crippen LogP contribution in [0.15, 0.2) is 24.3 Å². The fourth-order valence-corrected chi connectivity index (χ4v) is 3.26. The maximum Gasteiger partial charge on any atom is 0.248 e. The topological polar surface area (TPSA) is 86.9 Å². The standard InChI is InChI=1S/C18H24N4O2/c1-12(19-16(23)11-13-7-3-2-4-8-13)17(24)22-18-20-14-9-5-6-10-15(14)21-18/h5-6,9-10,12-13H,2-4,7-8,11H2,1H3,(H,19,23)(H2,20,21,22,24)/t12-/m0/s1. The summed E-state index contributed by atoms with van der Waals surface area (Å²) in [6.45, 7) is 1.69. The molecule has 1 aliphatic rings. The van der Waals surface area contributed by atoms with E-state index in [0.29, 0.717) is 18.3 Å². The summed E-state index contributed by atoms with van der Waals surface area (Å²) in [7, 11) is 0. The number of amides is 2. The van der Waals surface area contributed by atoms with Crippen LogP contribution in [0.25, 0.3) is 11.0 Å². The van der Waals surface area contributed by atoms with E-state index < -0.39 is 6.04 Å². The molecule has 128 valence electrons. The zero-order valence-electron chi connectivity index (χ0n) is 14.0. The molecular weight excluding hydrogens is 304 g/mol. The summed E-state index contributed by atoms with van der Waals surface area (Å²) in [6.07, 6.45) is 6.44. The van der Waals surface area contributed by atoms with Gasteiger partial charge in [0, 0.05) is 6.42 Å². The summed E-state index contributed by atoms with van der Waals surface area (Å²) in [5, 5.41) is 5.51. The summed E-state index contributed by atoms with van der Waals surface area (Å²) in [5.41, 5.74) is 1.66. The number of para-hydroxylation sites is 2. The quantitative estimate of drug-likeness (QED) is 0.788. The molecule has 1 heterocycles. The zero-order chi connectivity index (χ0) is 16.9. The zero-order valence-corrected chi connectivity index (χ0v) is 14.0. The van der Waals surface area contributed by atoms with Crippen molar-refractivity contribution in [2.75, 3.05) is 5.32 Å². The summed E-state index contributed by atoms with van der Waals surface area (Å²) in [5.74, 6) is 0.541. The van der Waals surface area contributed by atoms with Crippen molar-refractivity contribution < 1.29 is 9.59 Å². The van der Waals surface area contributed by atoms with Crippen molar-refractivity contribution >= 4 is 28.8 Å². The first-order valence-electron chi connectivity index (χ1n) is 8.67. The molecule has 0 spiro atoms. The van der Waals surface area contributed by atoms with Crippen LogP contribution in [0.2, 0.25) is 0 Å². The highest BCUT2D eigenvalue weighted by Gasteiger charge is 2.21. The Morgan fingerprint density at radius 1 is 1.25 bits per heavy atom. The van der Waals surface area contributed by atoms with Gasteiger partial charge in [-0.15, -0.1) is 0 Å². The molecule has 1 fully saturated rings. The molecule has 0 unspecified atom stereocenters. The fourth-order valence-electron chi connectivity index (χ4n) is 3.26. The van der Waals surface area contributed by atoms with Crippen molar-refractivity contribution in [3.05, 3.63) is 24.3 Å². The van der Waals surface area contributed by atoms with Crippen LogP contribution in [0.1, 0.15) is 45.4 Å². The Morgan fingerprint density at radius 2 is 2.00 bits per heavy atom. The van der Waals surface area contributed by atoms with Crippen molar-refractivity contribution in [1.29, 1.82) is 0 Å². The Morgan fingerprint density at radius 3 is 2.75 bits per heavy atom. The lowest BCUT2D eigenvalue weighted by molar-refractivity contribution is -0.127. The predicted octanol–water partition coefficient (Wildman–Crippen LogP) is 2.98. The van der Waals surface area contributed by atoms with E-state index in [1.54, 1.807) is 6.92 Å². The number of nitrogens with one attached hydrogen (secondary N) is 3. The Kier molecular flexibility index (Phi) is 5.13. The smallest absolute Gasteiger partial charge is 0.248 e. The van der Waals surface area contributed by atoms with Crippen molar-refractivity contribution in [1.82, 2.24) is 15.3 Å². The average Bonchev–Trinajstić information content (AvgIpc) is 2.97. The summed E-state index contributed by atoms with van der Waals surface area (Å²) < 4.78 is 0. The maximum absolute atomic E-state index is 12.2. The van der Waals surface area contributed by atoms with Crippen LogP contribution in [0.5, 0.6) is 0 Å². The SMILES string of the molecule is C[C@H](NC(=O)CC1CCCCC1)C(=O)Nc1nc2ccccc2[nH]1. The third-order valence-corrected chi connectivity index (χ3v) is 4.60. The van der Waals surface area contributed by atoms with Gasteiger partial charge in [-0.1, -0.05) is 31.4 Å². The molecule has 0 saturated heterocycles. The summed E-state index contributed by atoms with van der Waals surface area (Å²) >= 11 is 0. The van der Waals surface area contributed by atoms with Gasteiger partial charge >= 0.3 is 0 Å². The Hall–Kier alpha value is -2.37. The number of anilines is 1. The van der Waals surface area contributed by atoms with Crippen molar-refractivity contribution in [3.8, 4) is 0 Å². The van der Waals surface area contributed by atoms with E-state index in [2.05, 4.69) is 20.6 Å². The van der Waals surface area contributed by atoms with E-state index in [4.69, 9.17) is 0 Å². The molecule has 24 heavy (non-hydrogen) atoms. The number of imidazole rings is 1. The molecular formula is C18H24N4O2. The number of carbonyl (C=O) groups is 2. The fraction of sp³-hybridized carbons (Fsp3) is 0.500. The first-order chi connectivity index (χ1) is 11.6. The molecule has 1 saturated carbocycles. The second kappa shape index (κ2) is 7.47. The highest BCUT2D eigenvalue weighted by atomic mass is 16.2. The lowest BCUT2D eigenvalue weighted by Crippen LogP contribution is -2.42. The van der Waals surface area contributed by atoms with Gasteiger partial charge in [0.25, 0.3) is 0 Å². The average molecular weight is 328 g/mol. The van der Waals surface area contributed by atoms with Gasteiger partial charge in [-0.05, 0) is 37.8 Å². The Balaban J connectivity index is 1.51. The van der Waals surface area contributed by atoms with Gasteiger partial charge in [-0.2, -0.15) is 0 Å². The van der Waals surface area contributed by atoms with Crippen LogP contribution in [-0.4, -0.2) is 27.8 Å². The van der Waals surface area contributed by atoms with Crippen LogP contribution in [0, 0.1) is 5.92 Å². The van der Waals surface area contributed by atoms with Gasteiger partial charge in [-0.25, -0.2) is 4.98 Å². The first kappa shape index (κ1) is 16.5. The minimum atomic E-state index is -0.589. The van der Waals surface area contributed by atoms with E-state index in [-0.39, 0.29) is 11.8 Å².